The Hall–Kier alpha value is -2.13. The summed E-state index contributed by atoms with van der Waals surface area (Å²) in [5.74, 6) is -0.189. The number of benzene rings is 1. The fourth-order valence-corrected chi connectivity index (χ4v) is 1.64. The predicted octanol–water partition coefficient (Wildman–Crippen LogP) is 3.70. The number of carbonyl (C=O) groups is 1. The van der Waals surface area contributed by atoms with Crippen molar-refractivity contribution in [3.63, 3.8) is 0 Å². The molecule has 1 aromatic heterocycles. The Labute approximate surface area is 116 Å². The van der Waals surface area contributed by atoms with Crippen LogP contribution in [0.1, 0.15) is 11.1 Å². The smallest absolute Gasteiger partial charge is 0.248 e. The van der Waals surface area contributed by atoms with Crippen molar-refractivity contribution >= 4 is 29.3 Å². The average molecular weight is 273 g/mol. The molecule has 3 nitrogen and oxygen atoms in total. The van der Waals surface area contributed by atoms with E-state index in [-0.39, 0.29) is 5.91 Å². The summed E-state index contributed by atoms with van der Waals surface area (Å²) in [6.45, 7) is 1.92. The molecule has 0 saturated carbocycles. The molecular formula is C15H13ClN2O. The van der Waals surface area contributed by atoms with E-state index in [9.17, 15) is 4.79 Å². The Bertz CT molecular complexity index is 606. The minimum absolute atomic E-state index is 0.189. The molecular weight excluding hydrogens is 260 g/mol. The number of nitrogens with one attached hydrogen (secondary N) is 1. The molecule has 4 heteroatoms. The maximum Gasteiger partial charge on any atom is 0.248 e. The lowest BCUT2D eigenvalue weighted by molar-refractivity contribution is -0.111. The number of halogens is 1. The number of pyridine rings is 1. The summed E-state index contributed by atoms with van der Waals surface area (Å²) in [5, 5.41) is 3.45. The first-order valence-corrected chi connectivity index (χ1v) is 6.18. The Morgan fingerprint density at radius 2 is 2.00 bits per heavy atom. The number of hydrogen-bond acceptors (Lipinski definition) is 2. The zero-order chi connectivity index (χ0) is 13.7. The van der Waals surface area contributed by atoms with Crippen LogP contribution in [0, 0.1) is 6.92 Å². The van der Waals surface area contributed by atoms with Crippen LogP contribution in [0.3, 0.4) is 0 Å². The van der Waals surface area contributed by atoms with Gasteiger partial charge in [-0.1, -0.05) is 23.7 Å². The van der Waals surface area contributed by atoms with Crippen LogP contribution in [-0.4, -0.2) is 10.9 Å². The number of aromatic nitrogens is 1. The average Bonchev–Trinajstić information content (AvgIpc) is 2.41. The van der Waals surface area contributed by atoms with Gasteiger partial charge in [0.05, 0.1) is 11.9 Å². The molecule has 1 aromatic carbocycles. The standard InChI is InChI=1S/C15H13ClN2O/c1-11-8-9-17-10-14(11)18-15(19)7-4-12-2-5-13(16)6-3-12/h2-10H,1H3,(H,18,19)/b7-4+. The van der Waals surface area contributed by atoms with Crippen molar-refractivity contribution in [3.05, 3.63) is 65.0 Å². The molecule has 2 aromatic rings. The predicted molar refractivity (Wildman–Crippen MR) is 78.1 cm³/mol. The third kappa shape index (κ3) is 3.93. The molecule has 2 rings (SSSR count). The fraction of sp³-hybridized carbons (Fsp3) is 0.0667. The Morgan fingerprint density at radius 1 is 1.26 bits per heavy atom. The molecule has 0 unspecified atom stereocenters. The normalized spacial score (nSPS) is 10.6. The van der Waals surface area contributed by atoms with Gasteiger partial charge in [0.2, 0.25) is 5.91 Å². The first-order chi connectivity index (χ1) is 9.15. The summed E-state index contributed by atoms with van der Waals surface area (Å²) in [7, 11) is 0. The Kier molecular flexibility index (Phi) is 4.31. The molecule has 0 aliphatic heterocycles. The van der Waals surface area contributed by atoms with E-state index in [2.05, 4.69) is 10.3 Å². The molecule has 1 amide bonds. The lowest BCUT2D eigenvalue weighted by Crippen LogP contribution is -2.09. The lowest BCUT2D eigenvalue weighted by Gasteiger charge is -2.04. The third-order valence-electron chi connectivity index (χ3n) is 2.59. The van der Waals surface area contributed by atoms with Gasteiger partial charge in [0.1, 0.15) is 0 Å². The molecule has 0 bridgehead atoms. The van der Waals surface area contributed by atoms with Crippen LogP contribution in [0.5, 0.6) is 0 Å². The summed E-state index contributed by atoms with van der Waals surface area (Å²) in [4.78, 5) is 15.7. The maximum absolute atomic E-state index is 11.8. The SMILES string of the molecule is Cc1ccncc1NC(=O)/C=C/c1ccc(Cl)cc1. The zero-order valence-electron chi connectivity index (χ0n) is 10.4. The molecule has 1 N–H and O–H groups in total. The second kappa shape index (κ2) is 6.16. The summed E-state index contributed by atoms with van der Waals surface area (Å²) < 4.78 is 0. The monoisotopic (exact) mass is 272 g/mol. The van der Waals surface area contributed by atoms with Gasteiger partial charge in [0.25, 0.3) is 0 Å². The summed E-state index contributed by atoms with van der Waals surface area (Å²) in [5.41, 5.74) is 2.61. The van der Waals surface area contributed by atoms with Crippen LogP contribution in [0.15, 0.2) is 48.8 Å². The second-order valence-electron chi connectivity index (χ2n) is 4.06. The third-order valence-corrected chi connectivity index (χ3v) is 2.85. The van der Waals surface area contributed by atoms with E-state index in [4.69, 9.17) is 11.6 Å². The van der Waals surface area contributed by atoms with Gasteiger partial charge in [-0.05, 0) is 42.3 Å². The van der Waals surface area contributed by atoms with Crippen molar-refractivity contribution in [1.82, 2.24) is 4.98 Å². The molecule has 0 radical (unpaired) electrons. The van der Waals surface area contributed by atoms with E-state index in [0.717, 1.165) is 11.1 Å². The largest absolute Gasteiger partial charge is 0.321 e. The summed E-state index contributed by atoms with van der Waals surface area (Å²) >= 11 is 5.79. The molecule has 1 heterocycles. The zero-order valence-corrected chi connectivity index (χ0v) is 11.2. The second-order valence-corrected chi connectivity index (χ2v) is 4.50. The highest BCUT2D eigenvalue weighted by Gasteiger charge is 2.00. The van der Waals surface area contributed by atoms with Gasteiger partial charge in [0, 0.05) is 17.3 Å². The van der Waals surface area contributed by atoms with Crippen LogP contribution in [0.25, 0.3) is 6.08 Å². The number of amides is 1. The van der Waals surface area contributed by atoms with E-state index in [1.807, 2.05) is 25.1 Å². The van der Waals surface area contributed by atoms with E-state index < -0.39 is 0 Å². The van der Waals surface area contributed by atoms with Crippen LogP contribution in [-0.2, 0) is 4.79 Å². The van der Waals surface area contributed by atoms with E-state index in [0.29, 0.717) is 10.7 Å². The molecule has 0 aliphatic carbocycles. The number of hydrogen-bond donors (Lipinski definition) is 1. The van der Waals surface area contributed by atoms with Crippen molar-refractivity contribution in [2.45, 2.75) is 6.92 Å². The van der Waals surface area contributed by atoms with Crippen molar-refractivity contribution in [2.75, 3.05) is 5.32 Å². The minimum atomic E-state index is -0.189. The summed E-state index contributed by atoms with van der Waals surface area (Å²) in [6.07, 6.45) is 6.53. The topological polar surface area (TPSA) is 42.0 Å². The van der Waals surface area contributed by atoms with Crippen LogP contribution in [0.2, 0.25) is 5.02 Å². The number of anilines is 1. The summed E-state index contributed by atoms with van der Waals surface area (Å²) in [6, 6.07) is 9.11. The highest BCUT2D eigenvalue weighted by Crippen LogP contribution is 2.12. The van der Waals surface area contributed by atoms with Gasteiger partial charge in [-0.3, -0.25) is 9.78 Å². The first-order valence-electron chi connectivity index (χ1n) is 5.80. The van der Waals surface area contributed by atoms with Gasteiger partial charge >= 0.3 is 0 Å². The van der Waals surface area contributed by atoms with E-state index >= 15 is 0 Å². The molecule has 19 heavy (non-hydrogen) atoms. The van der Waals surface area contributed by atoms with Crippen molar-refractivity contribution < 1.29 is 4.79 Å². The molecule has 0 spiro atoms. The van der Waals surface area contributed by atoms with Crippen LogP contribution >= 0.6 is 11.6 Å². The van der Waals surface area contributed by atoms with Gasteiger partial charge < -0.3 is 5.32 Å². The van der Waals surface area contributed by atoms with Crippen molar-refractivity contribution in [2.24, 2.45) is 0 Å². The molecule has 0 saturated heterocycles. The molecule has 96 valence electrons. The molecule has 0 fully saturated rings. The van der Waals surface area contributed by atoms with Gasteiger partial charge in [-0.2, -0.15) is 0 Å². The van der Waals surface area contributed by atoms with Crippen LogP contribution in [0.4, 0.5) is 5.69 Å². The highest BCUT2D eigenvalue weighted by molar-refractivity contribution is 6.30. The quantitative estimate of drug-likeness (QED) is 0.866. The number of nitrogens with zero attached hydrogens (tertiary/aromatic N) is 1. The van der Waals surface area contributed by atoms with Gasteiger partial charge in [-0.25, -0.2) is 0 Å². The Morgan fingerprint density at radius 3 is 2.68 bits per heavy atom. The molecule has 0 aliphatic rings. The minimum Gasteiger partial charge on any atom is -0.321 e. The number of aryl methyl sites for hydroxylation is 1. The first kappa shape index (κ1) is 13.3. The fourth-order valence-electron chi connectivity index (χ4n) is 1.52. The molecule has 0 atom stereocenters. The van der Waals surface area contributed by atoms with E-state index in [1.54, 1.807) is 30.6 Å². The van der Waals surface area contributed by atoms with Crippen LogP contribution < -0.4 is 5.32 Å². The highest BCUT2D eigenvalue weighted by atomic mass is 35.5. The number of carbonyl (C=O) groups excluding carboxylic acids is 1. The maximum atomic E-state index is 11.8. The van der Waals surface area contributed by atoms with Gasteiger partial charge in [0.15, 0.2) is 0 Å². The number of rotatable bonds is 3. The van der Waals surface area contributed by atoms with Gasteiger partial charge in [-0.15, -0.1) is 0 Å². The van der Waals surface area contributed by atoms with Crippen molar-refractivity contribution in [3.8, 4) is 0 Å². The lowest BCUT2D eigenvalue weighted by atomic mass is 10.2. The Balaban J connectivity index is 2.02. The van der Waals surface area contributed by atoms with E-state index in [1.165, 1.54) is 6.08 Å². The van der Waals surface area contributed by atoms with Crippen molar-refractivity contribution in [1.29, 1.82) is 0 Å².